The number of carbonyl (C=O) groups excluding carboxylic acids is 2. The van der Waals surface area contributed by atoms with E-state index in [9.17, 15) is 9.59 Å². The second-order valence-corrected chi connectivity index (χ2v) is 9.82. The molecule has 0 spiro atoms. The summed E-state index contributed by atoms with van der Waals surface area (Å²) in [4.78, 5) is 31.2. The first-order valence-electron chi connectivity index (χ1n) is 10.0. The van der Waals surface area contributed by atoms with Gasteiger partial charge in [-0.1, -0.05) is 71.0 Å². The van der Waals surface area contributed by atoms with Gasteiger partial charge in [-0.25, -0.2) is 4.90 Å². The smallest absolute Gasteiger partial charge is 0.268 e. The number of rotatable bonds is 5. The van der Waals surface area contributed by atoms with Gasteiger partial charge in [-0.05, 0) is 69.2 Å². The number of hydrogen-bond donors (Lipinski definition) is 0. The summed E-state index contributed by atoms with van der Waals surface area (Å²) in [6.45, 7) is 7.99. The second-order valence-electron chi connectivity index (χ2n) is 7.65. The van der Waals surface area contributed by atoms with Gasteiger partial charge in [0.15, 0.2) is 0 Å². The first-order chi connectivity index (χ1) is 14.8. The molecular weight excluding hydrogens is 422 g/mol. The van der Waals surface area contributed by atoms with Gasteiger partial charge in [0.25, 0.3) is 11.8 Å². The Morgan fingerprint density at radius 2 is 1.06 bits per heavy atom. The van der Waals surface area contributed by atoms with Gasteiger partial charge in [0, 0.05) is 9.79 Å². The van der Waals surface area contributed by atoms with Crippen molar-refractivity contribution in [1.82, 2.24) is 0 Å². The molecule has 1 heterocycles. The number of imide groups is 1. The first kappa shape index (κ1) is 21.5. The van der Waals surface area contributed by atoms with Crippen LogP contribution in [-0.2, 0) is 9.59 Å². The van der Waals surface area contributed by atoms with Crippen LogP contribution in [0.5, 0.6) is 0 Å². The van der Waals surface area contributed by atoms with Crippen molar-refractivity contribution in [2.45, 2.75) is 37.5 Å². The molecule has 31 heavy (non-hydrogen) atoms. The highest BCUT2D eigenvalue weighted by Gasteiger charge is 2.41. The molecule has 0 saturated carbocycles. The van der Waals surface area contributed by atoms with Crippen molar-refractivity contribution < 1.29 is 9.59 Å². The molecule has 3 aromatic carbocycles. The number of aryl methyl sites for hydroxylation is 3. The average molecular weight is 446 g/mol. The summed E-state index contributed by atoms with van der Waals surface area (Å²) < 4.78 is 0. The zero-order valence-electron chi connectivity index (χ0n) is 17.9. The van der Waals surface area contributed by atoms with Crippen molar-refractivity contribution in [2.75, 3.05) is 4.90 Å². The first-order valence-corrected chi connectivity index (χ1v) is 11.7. The Morgan fingerprint density at radius 1 is 0.613 bits per heavy atom. The van der Waals surface area contributed by atoms with Gasteiger partial charge in [-0.3, -0.25) is 9.59 Å². The SMILES string of the molecule is Cc1ccc(SC2=C(Sc3ccc(C)cc3)C(=O)N(c3cccc(C)c3C)C2=O)cc1. The van der Waals surface area contributed by atoms with E-state index in [1.54, 1.807) is 0 Å². The van der Waals surface area contributed by atoms with Crippen LogP contribution >= 0.6 is 23.5 Å². The highest BCUT2D eigenvalue weighted by Crippen LogP contribution is 2.44. The fourth-order valence-corrected chi connectivity index (χ4v) is 5.30. The van der Waals surface area contributed by atoms with Crippen LogP contribution in [-0.4, -0.2) is 11.8 Å². The quantitative estimate of drug-likeness (QED) is 0.415. The summed E-state index contributed by atoms with van der Waals surface area (Å²) in [5, 5.41) is 0. The zero-order valence-corrected chi connectivity index (χ0v) is 19.6. The molecule has 0 unspecified atom stereocenters. The van der Waals surface area contributed by atoms with Crippen molar-refractivity contribution in [3.05, 3.63) is 98.8 Å². The van der Waals surface area contributed by atoms with Gasteiger partial charge >= 0.3 is 0 Å². The number of nitrogens with zero attached hydrogens (tertiary/aromatic N) is 1. The van der Waals surface area contributed by atoms with Crippen LogP contribution in [0.3, 0.4) is 0 Å². The molecule has 3 nitrogen and oxygen atoms in total. The van der Waals surface area contributed by atoms with Crippen LogP contribution < -0.4 is 4.90 Å². The predicted molar refractivity (Wildman–Crippen MR) is 130 cm³/mol. The summed E-state index contributed by atoms with van der Waals surface area (Å²) in [6.07, 6.45) is 0. The van der Waals surface area contributed by atoms with E-state index in [1.165, 1.54) is 28.4 Å². The Morgan fingerprint density at radius 3 is 1.52 bits per heavy atom. The fourth-order valence-electron chi connectivity index (χ4n) is 3.31. The molecule has 4 rings (SSSR count). The Hall–Kier alpha value is -2.76. The molecule has 3 aromatic rings. The maximum atomic E-state index is 13.5. The molecular formula is C26H23NO2S2. The molecule has 2 amide bonds. The van der Waals surface area contributed by atoms with Crippen LogP contribution in [0, 0.1) is 27.7 Å². The second kappa shape index (κ2) is 8.77. The maximum Gasteiger partial charge on any atom is 0.273 e. The molecule has 0 aliphatic carbocycles. The molecule has 5 heteroatoms. The van der Waals surface area contributed by atoms with E-state index in [2.05, 4.69) is 0 Å². The summed E-state index contributed by atoms with van der Waals surface area (Å²) in [7, 11) is 0. The number of anilines is 1. The number of benzene rings is 3. The van der Waals surface area contributed by atoms with Crippen LogP contribution in [0.15, 0.2) is 86.3 Å². The maximum absolute atomic E-state index is 13.5. The zero-order chi connectivity index (χ0) is 22.1. The average Bonchev–Trinajstić information content (AvgIpc) is 2.97. The molecule has 156 valence electrons. The third-order valence-electron chi connectivity index (χ3n) is 5.30. The molecule has 0 atom stereocenters. The van der Waals surface area contributed by atoms with Crippen molar-refractivity contribution in [1.29, 1.82) is 0 Å². The summed E-state index contributed by atoms with van der Waals surface area (Å²) in [6, 6.07) is 21.7. The van der Waals surface area contributed by atoms with Gasteiger partial charge in [-0.2, -0.15) is 0 Å². The third kappa shape index (κ3) is 4.34. The van der Waals surface area contributed by atoms with Crippen LogP contribution in [0.25, 0.3) is 0 Å². The van der Waals surface area contributed by atoms with E-state index >= 15 is 0 Å². The molecule has 0 N–H and O–H groups in total. The minimum atomic E-state index is -0.265. The third-order valence-corrected chi connectivity index (χ3v) is 7.61. The summed E-state index contributed by atoms with van der Waals surface area (Å²) in [5.41, 5.74) is 4.93. The van der Waals surface area contributed by atoms with E-state index < -0.39 is 0 Å². The fraction of sp³-hybridized carbons (Fsp3) is 0.154. The molecule has 1 aliphatic rings. The van der Waals surface area contributed by atoms with Gasteiger partial charge in [0.05, 0.1) is 15.5 Å². The number of amides is 2. The van der Waals surface area contributed by atoms with Crippen LogP contribution in [0.1, 0.15) is 22.3 Å². The van der Waals surface area contributed by atoms with Crippen molar-refractivity contribution >= 4 is 41.0 Å². The van der Waals surface area contributed by atoms with Crippen molar-refractivity contribution in [3.8, 4) is 0 Å². The minimum Gasteiger partial charge on any atom is -0.268 e. The summed E-state index contributed by atoms with van der Waals surface area (Å²) >= 11 is 2.71. The van der Waals surface area contributed by atoms with E-state index in [0.717, 1.165) is 32.0 Å². The molecule has 1 aliphatic heterocycles. The summed E-state index contributed by atoms with van der Waals surface area (Å²) in [5.74, 6) is -0.530. The van der Waals surface area contributed by atoms with E-state index in [0.29, 0.717) is 15.5 Å². The van der Waals surface area contributed by atoms with Gasteiger partial charge in [0.1, 0.15) is 0 Å². The normalized spacial score (nSPS) is 14.0. The van der Waals surface area contributed by atoms with Crippen LogP contribution in [0.2, 0.25) is 0 Å². The van der Waals surface area contributed by atoms with Crippen molar-refractivity contribution in [2.24, 2.45) is 0 Å². The van der Waals surface area contributed by atoms with Gasteiger partial charge in [-0.15, -0.1) is 0 Å². The Bertz CT molecular complexity index is 1130. The lowest BCUT2D eigenvalue weighted by molar-refractivity contribution is -0.120. The van der Waals surface area contributed by atoms with E-state index in [4.69, 9.17) is 0 Å². The van der Waals surface area contributed by atoms with Gasteiger partial charge in [0.2, 0.25) is 0 Å². The molecule has 0 saturated heterocycles. The monoisotopic (exact) mass is 445 g/mol. The Labute approximate surface area is 191 Å². The standard InChI is InChI=1S/C26H23NO2S2/c1-16-8-12-20(13-9-16)30-23-24(31-21-14-10-17(2)11-15-21)26(29)27(25(23)28)22-7-5-6-18(3)19(22)4/h5-15H,1-4H3. The van der Waals surface area contributed by atoms with Gasteiger partial charge < -0.3 is 0 Å². The lowest BCUT2D eigenvalue weighted by atomic mass is 10.1. The molecule has 0 fully saturated rings. The molecule has 0 bridgehead atoms. The lowest BCUT2D eigenvalue weighted by Crippen LogP contribution is -2.32. The Kier molecular flexibility index (Phi) is 6.08. The number of hydrogen-bond acceptors (Lipinski definition) is 4. The minimum absolute atomic E-state index is 0.265. The molecule has 0 radical (unpaired) electrons. The van der Waals surface area contributed by atoms with Crippen LogP contribution in [0.4, 0.5) is 5.69 Å². The predicted octanol–water partition coefficient (Wildman–Crippen LogP) is 6.59. The number of carbonyl (C=O) groups is 2. The van der Waals surface area contributed by atoms with E-state index in [-0.39, 0.29) is 11.8 Å². The Balaban J connectivity index is 1.77. The molecule has 0 aromatic heterocycles. The number of thioether (sulfide) groups is 2. The van der Waals surface area contributed by atoms with E-state index in [1.807, 2.05) is 94.4 Å². The highest BCUT2D eigenvalue weighted by molar-refractivity contribution is 8.08. The van der Waals surface area contributed by atoms with Crippen molar-refractivity contribution in [3.63, 3.8) is 0 Å². The largest absolute Gasteiger partial charge is 0.273 e. The lowest BCUT2D eigenvalue weighted by Gasteiger charge is -2.18. The highest BCUT2D eigenvalue weighted by atomic mass is 32.2. The topological polar surface area (TPSA) is 37.4 Å².